The van der Waals surface area contributed by atoms with Gasteiger partial charge in [0.1, 0.15) is 5.75 Å². The highest BCUT2D eigenvalue weighted by molar-refractivity contribution is 9.10. The molecule has 0 atom stereocenters. The highest BCUT2D eigenvalue weighted by Crippen LogP contribution is 2.33. The molecule has 0 aliphatic heterocycles. The Bertz CT molecular complexity index is 676. The number of hydrogen-bond donors (Lipinski definition) is 2. The lowest BCUT2D eigenvalue weighted by atomic mass is 10.1. The van der Waals surface area contributed by atoms with Gasteiger partial charge in [0.15, 0.2) is 0 Å². The molecule has 3 N–H and O–H groups in total. The second kappa shape index (κ2) is 6.87. The maximum atomic E-state index is 10.9. The van der Waals surface area contributed by atoms with Gasteiger partial charge in [-0.25, -0.2) is 4.79 Å². The van der Waals surface area contributed by atoms with E-state index < -0.39 is 5.97 Å². The van der Waals surface area contributed by atoms with Crippen LogP contribution in [0.1, 0.15) is 15.9 Å². The number of ether oxygens (including phenoxy) is 1. The largest absolute Gasteiger partial charge is 0.497 e. The highest BCUT2D eigenvalue weighted by Gasteiger charge is 2.08. The van der Waals surface area contributed by atoms with Gasteiger partial charge < -0.3 is 15.6 Å². The van der Waals surface area contributed by atoms with E-state index in [2.05, 4.69) is 15.9 Å². The van der Waals surface area contributed by atoms with E-state index in [1.807, 2.05) is 18.2 Å². The fourth-order valence-corrected chi connectivity index (χ4v) is 3.42. The van der Waals surface area contributed by atoms with Gasteiger partial charge in [0.2, 0.25) is 0 Å². The highest BCUT2D eigenvalue weighted by atomic mass is 79.9. The van der Waals surface area contributed by atoms with Crippen LogP contribution in [0.15, 0.2) is 45.8 Å². The summed E-state index contributed by atoms with van der Waals surface area (Å²) in [6.45, 7) is 0. The molecular weight excluding hydrogens is 354 g/mol. The molecule has 110 valence electrons. The SMILES string of the molecule is COc1ccc(N)c(SCc2ccc(C(=O)O)cc2Br)c1. The summed E-state index contributed by atoms with van der Waals surface area (Å²) in [6, 6.07) is 10.5. The molecular formula is C15H14BrNO3S. The topological polar surface area (TPSA) is 72.5 Å². The summed E-state index contributed by atoms with van der Waals surface area (Å²) in [4.78, 5) is 11.8. The number of carboxylic acids is 1. The first-order valence-electron chi connectivity index (χ1n) is 6.09. The van der Waals surface area contributed by atoms with Crippen molar-refractivity contribution in [3.05, 3.63) is 52.0 Å². The molecule has 4 nitrogen and oxygen atoms in total. The van der Waals surface area contributed by atoms with Crippen molar-refractivity contribution in [2.45, 2.75) is 10.6 Å². The number of nitrogens with two attached hydrogens (primary N) is 1. The Balaban J connectivity index is 2.15. The maximum absolute atomic E-state index is 10.9. The number of aromatic carboxylic acids is 1. The molecule has 0 radical (unpaired) electrons. The first kappa shape index (κ1) is 15.7. The van der Waals surface area contributed by atoms with Gasteiger partial charge in [0.25, 0.3) is 0 Å². The average molecular weight is 368 g/mol. The molecule has 0 amide bonds. The summed E-state index contributed by atoms with van der Waals surface area (Å²) < 4.78 is 5.96. The number of halogens is 1. The monoisotopic (exact) mass is 367 g/mol. The second-order valence-electron chi connectivity index (χ2n) is 4.30. The molecule has 0 heterocycles. The molecule has 2 aromatic carbocycles. The molecule has 0 aliphatic rings. The van der Waals surface area contributed by atoms with Crippen molar-refractivity contribution in [2.24, 2.45) is 0 Å². The zero-order valence-corrected chi connectivity index (χ0v) is 13.7. The molecule has 21 heavy (non-hydrogen) atoms. The predicted octanol–water partition coefficient (Wildman–Crippen LogP) is 4.03. The first-order valence-corrected chi connectivity index (χ1v) is 7.87. The smallest absolute Gasteiger partial charge is 0.335 e. The van der Waals surface area contributed by atoms with Gasteiger partial charge >= 0.3 is 5.97 Å². The molecule has 0 fully saturated rings. The minimum atomic E-state index is -0.938. The lowest BCUT2D eigenvalue weighted by Gasteiger charge is -2.09. The van der Waals surface area contributed by atoms with Gasteiger partial charge in [-0.15, -0.1) is 11.8 Å². The second-order valence-corrected chi connectivity index (χ2v) is 6.18. The summed E-state index contributed by atoms with van der Waals surface area (Å²) in [5, 5.41) is 8.95. The molecule has 0 spiro atoms. The van der Waals surface area contributed by atoms with E-state index >= 15 is 0 Å². The number of anilines is 1. The Kier molecular flexibility index (Phi) is 5.14. The summed E-state index contributed by atoms with van der Waals surface area (Å²) in [7, 11) is 1.61. The number of rotatable bonds is 5. The first-order chi connectivity index (χ1) is 10.0. The fraction of sp³-hybridized carbons (Fsp3) is 0.133. The summed E-state index contributed by atoms with van der Waals surface area (Å²) in [6.07, 6.45) is 0. The van der Waals surface area contributed by atoms with Crippen molar-refractivity contribution in [2.75, 3.05) is 12.8 Å². The van der Waals surface area contributed by atoms with Crippen LogP contribution in [-0.4, -0.2) is 18.2 Å². The van der Waals surface area contributed by atoms with Crippen LogP contribution in [0.2, 0.25) is 0 Å². The third kappa shape index (κ3) is 3.92. The normalized spacial score (nSPS) is 10.4. The number of methoxy groups -OCH3 is 1. The lowest BCUT2D eigenvalue weighted by Crippen LogP contribution is -1.97. The van der Waals surface area contributed by atoms with Crippen LogP contribution in [-0.2, 0) is 5.75 Å². The van der Waals surface area contributed by atoms with Crippen molar-refractivity contribution in [3.63, 3.8) is 0 Å². The molecule has 0 saturated carbocycles. The molecule has 6 heteroatoms. The number of hydrogen-bond acceptors (Lipinski definition) is 4. The Morgan fingerprint density at radius 1 is 1.33 bits per heavy atom. The lowest BCUT2D eigenvalue weighted by molar-refractivity contribution is 0.0697. The summed E-state index contributed by atoms with van der Waals surface area (Å²) in [5.74, 6) is 0.497. The number of benzene rings is 2. The number of nitrogen functional groups attached to an aromatic ring is 1. The summed E-state index contributed by atoms with van der Waals surface area (Å²) >= 11 is 4.98. The Morgan fingerprint density at radius 2 is 2.10 bits per heavy atom. The Morgan fingerprint density at radius 3 is 2.71 bits per heavy atom. The van der Waals surface area contributed by atoms with E-state index in [0.717, 1.165) is 20.7 Å². The summed E-state index contributed by atoms with van der Waals surface area (Å²) in [5.41, 5.74) is 7.91. The molecule has 0 bridgehead atoms. The minimum absolute atomic E-state index is 0.261. The zero-order chi connectivity index (χ0) is 15.4. The van der Waals surface area contributed by atoms with Crippen molar-refractivity contribution >= 4 is 39.3 Å². The van der Waals surface area contributed by atoms with Crippen molar-refractivity contribution in [3.8, 4) is 5.75 Å². The van der Waals surface area contributed by atoms with Gasteiger partial charge in [-0.3, -0.25) is 0 Å². The van der Waals surface area contributed by atoms with Gasteiger partial charge in [-0.2, -0.15) is 0 Å². The van der Waals surface area contributed by atoms with Crippen LogP contribution in [0.4, 0.5) is 5.69 Å². The number of carboxylic acid groups (broad SMARTS) is 1. The van der Waals surface area contributed by atoms with Crippen LogP contribution in [0, 0.1) is 0 Å². The van der Waals surface area contributed by atoms with E-state index in [9.17, 15) is 4.79 Å². The van der Waals surface area contributed by atoms with E-state index in [1.54, 1.807) is 37.1 Å². The maximum Gasteiger partial charge on any atom is 0.335 e. The van der Waals surface area contributed by atoms with Crippen LogP contribution in [0.5, 0.6) is 5.75 Å². The third-order valence-corrected chi connectivity index (χ3v) is 4.76. The quantitative estimate of drug-likeness (QED) is 0.616. The molecule has 2 rings (SSSR count). The molecule has 0 aliphatic carbocycles. The van der Waals surface area contributed by atoms with Crippen molar-refractivity contribution in [1.82, 2.24) is 0 Å². The molecule has 0 saturated heterocycles. The van der Waals surface area contributed by atoms with Gasteiger partial charge in [-0.05, 0) is 35.9 Å². The predicted molar refractivity (Wildman–Crippen MR) is 88.1 cm³/mol. The Labute approximate surface area is 135 Å². The molecule has 0 unspecified atom stereocenters. The number of carbonyl (C=O) groups is 1. The minimum Gasteiger partial charge on any atom is -0.497 e. The standard InChI is InChI=1S/C15H14BrNO3S/c1-20-11-4-5-13(17)14(7-11)21-8-10-3-2-9(15(18)19)6-12(10)16/h2-7H,8,17H2,1H3,(H,18,19). The van der Waals surface area contributed by atoms with Gasteiger partial charge in [0.05, 0.1) is 12.7 Å². The third-order valence-electron chi connectivity index (χ3n) is 2.90. The van der Waals surface area contributed by atoms with Crippen LogP contribution in [0.3, 0.4) is 0 Å². The van der Waals surface area contributed by atoms with E-state index in [1.165, 1.54) is 0 Å². The van der Waals surface area contributed by atoms with Crippen LogP contribution < -0.4 is 10.5 Å². The molecule has 0 aromatic heterocycles. The van der Waals surface area contributed by atoms with Crippen molar-refractivity contribution < 1.29 is 14.6 Å². The van der Waals surface area contributed by atoms with Crippen LogP contribution >= 0.6 is 27.7 Å². The fourth-order valence-electron chi connectivity index (χ4n) is 1.72. The number of thioether (sulfide) groups is 1. The van der Waals surface area contributed by atoms with E-state index in [0.29, 0.717) is 11.4 Å². The van der Waals surface area contributed by atoms with Gasteiger partial charge in [-0.1, -0.05) is 22.0 Å². The van der Waals surface area contributed by atoms with Crippen molar-refractivity contribution in [1.29, 1.82) is 0 Å². The zero-order valence-electron chi connectivity index (χ0n) is 11.3. The average Bonchev–Trinajstić information content (AvgIpc) is 2.47. The van der Waals surface area contributed by atoms with Crippen LogP contribution in [0.25, 0.3) is 0 Å². The Hall–Kier alpha value is -1.66. The van der Waals surface area contributed by atoms with Gasteiger partial charge in [0, 0.05) is 20.8 Å². The van der Waals surface area contributed by atoms with E-state index in [-0.39, 0.29) is 5.56 Å². The molecule has 2 aromatic rings. The van der Waals surface area contributed by atoms with E-state index in [4.69, 9.17) is 15.6 Å².